The van der Waals surface area contributed by atoms with Crippen LogP contribution < -0.4 is 16.4 Å². The molecular weight excluding hydrogens is 538 g/mol. The summed E-state index contributed by atoms with van der Waals surface area (Å²) in [5.41, 5.74) is 11.3. The van der Waals surface area contributed by atoms with E-state index >= 15 is 0 Å². The van der Waals surface area contributed by atoms with E-state index in [1.165, 1.54) is 11.3 Å². The number of nitrogens with one attached hydrogen (secondary N) is 3. The van der Waals surface area contributed by atoms with Crippen molar-refractivity contribution >= 4 is 61.8 Å². The minimum Gasteiger partial charge on any atom is -0.366 e. The van der Waals surface area contributed by atoms with Gasteiger partial charge in [0, 0.05) is 65.3 Å². The number of aromatic amines is 1. The zero-order chi connectivity index (χ0) is 28.7. The van der Waals surface area contributed by atoms with Gasteiger partial charge in [-0.3, -0.25) is 14.9 Å². The number of aromatic nitrogens is 2. The molecule has 5 aromatic rings. The molecule has 1 aliphatic rings. The summed E-state index contributed by atoms with van der Waals surface area (Å²) in [6.45, 7) is 4.98. The number of piperazine rings is 1. The number of amides is 4. The summed E-state index contributed by atoms with van der Waals surface area (Å²) in [4.78, 5) is 49.8. The van der Waals surface area contributed by atoms with Crippen LogP contribution in [0.25, 0.3) is 32.9 Å². The van der Waals surface area contributed by atoms with Crippen LogP contribution in [0.3, 0.4) is 0 Å². The maximum Gasteiger partial charge on any atom is 0.325 e. The van der Waals surface area contributed by atoms with Crippen LogP contribution in [0.5, 0.6) is 0 Å². The minimum atomic E-state index is -0.548. The average molecular weight is 568 g/mol. The number of carbonyl (C=O) groups excluding carboxylic acids is 3. The first-order chi connectivity index (χ1) is 19.8. The van der Waals surface area contributed by atoms with Crippen LogP contribution in [0.1, 0.15) is 26.3 Å². The molecule has 41 heavy (non-hydrogen) atoms. The van der Waals surface area contributed by atoms with E-state index in [-0.39, 0.29) is 11.9 Å². The first-order valence-electron chi connectivity index (χ1n) is 13.2. The normalized spacial score (nSPS) is 14.0. The predicted molar refractivity (Wildman–Crippen MR) is 163 cm³/mol. The van der Waals surface area contributed by atoms with Crippen LogP contribution in [0, 0.1) is 6.92 Å². The van der Waals surface area contributed by atoms with Gasteiger partial charge < -0.3 is 25.8 Å². The summed E-state index contributed by atoms with van der Waals surface area (Å²) in [5.74, 6) is -0.563. The molecule has 5 N–H and O–H groups in total. The molecule has 0 aliphatic carbocycles. The Hall–Kier alpha value is -4.74. The Morgan fingerprint density at radius 1 is 1.00 bits per heavy atom. The fraction of sp³-hybridized carbons (Fsp3) is 0.200. The van der Waals surface area contributed by atoms with Gasteiger partial charge in [-0.1, -0.05) is 24.3 Å². The molecule has 1 fully saturated rings. The van der Waals surface area contributed by atoms with Gasteiger partial charge in [0.1, 0.15) is 0 Å². The van der Waals surface area contributed by atoms with Crippen LogP contribution >= 0.6 is 11.3 Å². The smallest absolute Gasteiger partial charge is 0.325 e. The molecule has 0 bridgehead atoms. The van der Waals surface area contributed by atoms with E-state index in [0.717, 1.165) is 46.1 Å². The summed E-state index contributed by atoms with van der Waals surface area (Å²) in [5, 5.41) is 9.63. The molecule has 4 amide bonds. The molecule has 10 nitrogen and oxygen atoms in total. The van der Waals surface area contributed by atoms with Crippen molar-refractivity contribution in [3.8, 4) is 11.1 Å². The van der Waals surface area contributed by atoms with Crippen molar-refractivity contribution in [2.75, 3.05) is 43.9 Å². The second-order valence-corrected chi connectivity index (χ2v) is 11.0. The number of thiazole rings is 1. The highest BCUT2D eigenvalue weighted by molar-refractivity contribution is 7.13. The number of hydrogen-bond donors (Lipinski definition) is 4. The van der Waals surface area contributed by atoms with E-state index in [1.807, 2.05) is 54.3 Å². The Morgan fingerprint density at radius 3 is 2.54 bits per heavy atom. The van der Waals surface area contributed by atoms with Crippen molar-refractivity contribution in [3.63, 3.8) is 0 Å². The number of likely N-dealkylation sites (N-methyl/N-ethyl adjacent to an activating group) is 1. The molecule has 0 unspecified atom stereocenters. The molecule has 0 spiro atoms. The van der Waals surface area contributed by atoms with E-state index in [4.69, 9.17) is 5.73 Å². The van der Waals surface area contributed by atoms with Gasteiger partial charge in [0.05, 0.1) is 11.1 Å². The Morgan fingerprint density at radius 2 is 1.80 bits per heavy atom. The van der Waals surface area contributed by atoms with Gasteiger partial charge in [0.15, 0.2) is 5.13 Å². The Bertz CT molecular complexity index is 1800. The van der Waals surface area contributed by atoms with Crippen LogP contribution in [-0.2, 0) is 0 Å². The Labute approximate surface area is 240 Å². The Balaban J connectivity index is 1.42. The Kier molecular flexibility index (Phi) is 6.90. The predicted octanol–water partition coefficient (Wildman–Crippen LogP) is 4.88. The number of nitrogens with two attached hydrogens (primary N) is 1. The second-order valence-electron chi connectivity index (χ2n) is 10.2. The van der Waals surface area contributed by atoms with Crippen LogP contribution in [0.2, 0.25) is 0 Å². The van der Waals surface area contributed by atoms with Gasteiger partial charge in [-0.25, -0.2) is 9.78 Å². The first-order valence-corrected chi connectivity index (χ1v) is 14.1. The third kappa shape index (κ3) is 5.01. The van der Waals surface area contributed by atoms with Gasteiger partial charge in [0.25, 0.3) is 11.8 Å². The number of H-pyrrole nitrogens is 1. The lowest BCUT2D eigenvalue weighted by Gasteiger charge is -2.32. The van der Waals surface area contributed by atoms with Crippen LogP contribution in [-0.4, -0.2) is 70.8 Å². The summed E-state index contributed by atoms with van der Waals surface area (Å²) in [7, 11) is 2.05. The molecule has 1 saturated heterocycles. The van der Waals surface area contributed by atoms with Crippen LogP contribution in [0.4, 0.5) is 15.6 Å². The van der Waals surface area contributed by atoms with Crippen molar-refractivity contribution in [2.24, 2.45) is 5.73 Å². The number of urea groups is 1. The lowest BCUT2D eigenvalue weighted by atomic mass is 9.93. The van der Waals surface area contributed by atoms with E-state index < -0.39 is 5.91 Å². The SMILES string of the molecule is Cc1c(NC(=O)Nc2nccs2)cccc1-c1ccc(C(N)=O)c2[nH]c3cc(C(=O)N4CCN(C)CC4)ccc3c12. The number of hydrogen-bond acceptors (Lipinski definition) is 6. The summed E-state index contributed by atoms with van der Waals surface area (Å²) >= 11 is 1.33. The number of primary amides is 1. The average Bonchev–Trinajstić information content (AvgIpc) is 3.61. The van der Waals surface area contributed by atoms with Crippen molar-refractivity contribution < 1.29 is 14.4 Å². The van der Waals surface area contributed by atoms with Gasteiger partial charge in [-0.2, -0.15) is 0 Å². The fourth-order valence-corrected chi connectivity index (χ4v) is 5.89. The molecule has 11 heteroatoms. The lowest BCUT2D eigenvalue weighted by molar-refractivity contribution is 0.0664. The molecule has 2 aromatic heterocycles. The third-order valence-electron chi connectivity index (χ3n) is 7.58. The van der Waals surface area contributed by atoms with Crippen molar-refractivity contribution in [1.82, 2.24) is 19.8 Å². The molecule has 6 rings (SSSR count). The first kappa shape index (κ1) is 26.5. The largest absolute Gasteiger partial charge is 0.366 e. The fourth-order valence-electron chi connectivity index (χ4n) is 5.37. The second kappa shape index (κ2) is 10.7. The number of carbonyl (C=O) groups is 3. The van der Waals surface area contributed by atoms with E-state index in [0.29, 0.717) is 40.6 Å². The molecule has 208 valence electrons. The van der Waals surface area contributed by atoms with Crippen LogP contribution in [0.15, 0.2) is 60.1 Å². The van der Waals surface area contributed by atoms with Crippen molar-refractivity contribution in [2.45, 2.75) is 6.92 Å². The van der Waals surface area contributed by atoms with E-state index in [9.17, 15) is 14.4 Å². The summed E-state index contributed by atoms with van der Waals surface area (Å²) in [6, 6.07) is 14.5. The van der Waals surface area contributed by atoms with Gasteiger partial charge in [0.2, 0.25) is 0 Å². The molecule has 0 saturated carbocycles. The van der Waals surface area contributed by atoms with Gasteiger partial charge in [-0.05, 0) is 54.9 Å². The number of fused-ring (bicyclic) bond motifs is 3. The highest BCUT2D eigenvalue weighted by Gasteiger charge is 2.23. The number of benzene rings is 3. The number of nitrogens with zero attached hydrogens (tertiary/aromatic N) is 3. The molecular formula is C30H29N7O3S. The molecule has 1 aliphatic heterocycles. The monoisotopic (exact) mass is 567 g/mol. The zero-order valence-electron chi connectivity index (χ0n) is 22.7. The third-order valence-corrected chi connectivity index (χ3v) is 8.27. The van der Waals surface area contributed by atoms with Gasteiger partial charge >= 0.3 is 6.03 Å². The number of anilines is 2. The standard InChI is InChI=1S/C30H29N7O3S/c1-17-19(4-3-5-23(17)34-29(40)35-30-32-10-15-41-30)20-8-9-22(27(31)38)26-25(20)21-7-6-18(16-24(21)33-26)28(39)37-13-11-36(2)12-14-37/h3-10,15-16,33H,11-14H2,1-2H3,(H2,31,38)(H2,32,34,35,40). The minimum absolute atomic E-state index is 0.0142. The summed E-state index contributed by atoms with van der Waals surface area (Å²) < 4.78 is 0. The highest BCUT2D eigenvalue weighted by Crippen LogP contribution is 2.39. The molecule has 0 radical (unpaired) electrons. The maximum absolute atomic E-state index is 13.3. The van der Waals surface area contributed by atoms with Crippen molar-refractivity contribution in [1.29, 1.82) is 0 Å². The quantitative estimate of drug-likeness (QED) is 0.240. The number of rotatable bonds is 5. The topological polar surface area (TPSA) is 136 Å². The maximum atomic E-state index is 13.3. The lowest BCUT2D eigenvalue weighted by Crippen LogP contribution is -2.47. The van der Waals surface area contributed by atoms with Crippen molar-refractivity contribution in [3.05, 3.63) is 76.8 Å². The zero-order valence-corrected chi connectivity index (χ0v) is 23.5. The van der Waals surface area contributed by atoms with E-state index in [2.05, 4.69) is 32.5 Å². The van der Waals surface area contributed by atoms with E-state index in [1.54, 1.807) is 17.6 Å². The molecule has 3 aromatic carbocycles. The molecule has 3 heterocycles. The van der Waals surface area contributed by atoms with Gasteiger partial charge in [-0.15, -0.1) is 11.3 Å². The highest BCUT2D eigenvalue weighted by atomic mass is 32.1. The molecule has 0 atom stereocenters. The summed E-state index contributed by atoms with van der Waals surface area (Å²) in [6.07, 6.45) is 1.62.